The number of carboxylic acids is 1. The van der Waals surface area contributed by atoms with Gasteiger partial charge in [0.15, 0.2) is 0 Å². The number of hydrogen-bond acceptors (Lipinski definition) is 4. The Morgan fingerprint density at radius 2 is 2.24 bits per heavy atom. The minimum atomic E-state index is -1.07. The van der Waals surface area contributed by atoms with E-state index in [2.05, 4.69) is 0 Å². The number of nitrogens with zero attached hydrogens (tertiary/aromatic N) is 1. The zero-order valence-corrected chi connectivity index (χ0v) is 9.54. The second-order valence-electron chi connectivity index (χ2n) is 3.48. The zero-order chi connectivity index (χ0) is 13.0. The van der Waals surface area contributed by atoms with Crippen LogP contribution in [0.15, 0.2) is 18.2 Å². The molecule has 1 rings (SSSR count). The number of benzene rings is 1. The summed E-state index contributed by atoms with van der Waals surface area (Å²) in [5.74, 6) is -1.61. The molecule has 1 atom stereocenters. The molecule has 0 saturated heterocycles. The summed E-state index contributed by atoms with van der Waals surface area (Å²) in [6.45, 7) is 1.67. The molecule has 1 aromatic carbocycles. The number of carbonyl (C=O) groups is 1. The molecular formula is C11H13NO5. The third kappa shape index (κ3) is 2.72. The first kappa shape index (κ1) is 13.0. The van der Waals surface area contributed by atoms with Gasteiger partial charge in [0.1, 0.15) is 5.75 Å². The van der Waals surface area contributed by atoms with E-state index in [0.29, 0.717) is 12.2 Å². The molecule has 0 aliphatic rings. The van der Waals surface area contributed by atoms with Crippen molar-refractivity contribution in [3.05, 3.63) is 33.9 Å². The summed E-state index contributed by atoms with van der Waals surface area (Å²) in [5, 5.41) is 19.9. The number of hydrogen-bond donors (Lipinski definition) is 1. The van der Waals surface area contributed by atoms with Gasteiger partial charge in [-0.15, -0.1) is 0 Å². The van der Waals surface area contributed by atoms with Gasteiger partial charge in [-0.25, -0.2) is 0 Å². The summed E-state index contributed by atoms with van der Waals surface area (Å²) in [4.78, 5) is 21.3. The average molecular weight is 239 g/mol. The highest BCUT2D eigenvalue weighted by Gasteiger charge is 2.26. The molecule has 0 aliphatic carbocycles. The van der Waals surface area contributed by atoms with Crippen LogP contribution in [-0.4, -0.2) is 23.1 Å². The standard InChI is InChI=1S/C11H13NO5/c1-3-8(11(13)14)9-5-4-7(17-2)6-10(9)12(15)16/h4-6,8H,3H2,1-2H3,(H,13,14). The Balaban J connectivity index is 3.31. The molecule has 0 bridgehead atoms. The third-order valence-corrected chi connectivity index (χ3v) is 2.52. The van der Waals surface area contributed by atoms with Gasteiger partial charge in [0.25, 0.3) is 5.69 Å². The van der Waals surface area contributed by atoms with Crippen molar-refractivity contribution < 1.29 is 19.6 Å². The van der Waals surface area contributed by atoms with Crippen molar-refractivity contribution in [2.75, 3.05) is 7.11 Å². The number of nitro groups is 1. The summed E-state index contributed by atoms with van der Waals surface area (Å²) in [6.07, 6.45) is 0.294. The highest BCUT2D eigenvalue weighted by Crippen LogP contribution is 2.32. The van der Waals surface area contributed by atoms with Crippen LogP contribution in [0.4, 0.5) is 5.69 Å². The fourth-order valence-electron chi connectivity index (χ4n) is 1.63. The van der Waals surface area contributed by atoms with Gasteiger partial charge in [-0.3, -0.25) is 14.9 Å². The van der Waals surface area contributed by atoms with Crippen LogP contribution in [0.5, 0.6) is 5.75 Å². The van der Waals surface area contributed by atoms with E-state index < -0.39 is 16.8 Å². The Labute approximate surface area is 98.0 Å². The second-order valence-corrected chi connectivity index (χ2v) is 3.48. The molecular weight excluding hydrogens is 226 g/mol. The molecule has 0 radical (unpaired) electrons. The van der Waals surface area contributed by atoms with Gasteiger partial charge in [0.05, 0.1) is 24.0 Å². The Hall–Kier alpha value is -2.11. The number of aliphatic carboxylic acids is 1. The average Bonchev–Trinajstić information content (AvgIpc) is 2.29. The third-order valence-electron chi connectivity index (χ3n) is 2.52. The molecule has 0 heterocycles. The second kappa shape index (κ2) is 5.29. The van der Waals surface area contributed by atoms with Gasteiger partial charge in [-0.1, -0.05) is 6.92 Å². The van der Waals surface area contributed by atoms with E-state index in [1.807, 2.05) is 0 Å². The lowest BCUT2D eigenvalue weighted by atomic mass is 9.95. The predicted molar refractivity (Wildman–Crippen MR) is 60.3 cm³/mol. The summed E-state index contributed by atoms with van der Waals surface area (Å²) in [6, 6.07) is 4.19. The van der Waals surface area contributed by atoms with Crippen LogP contribution in [0.25, 0.3) is 0 Å². The lowest BCUT2D eigenvalue weighted by Crippen LogP contribution is -2.12. The Kier molecular flexibility index (Phi) is 4.03. The van der Waals surface area contributed by atoms with E-state index in [4.69, 9.17) is 9.84 Å². The van der Waals surface area contributed by atoms with Crippen LogP contribution in [0.1, 0.15) is 24.8 Å². The minimum Gasteiger partial charge on any atom is -0.497 e. The Morgan fingerprint density at radius 1 is 1.59 bits per heavy atom. The lowest BCUT2D eigenvalue weighted by Gasteiger charge is -2.11. The summed E-state index contributed by atoms with van der Waals surface area (Å²) >= 11 is 0. The molecule has 0 spiro atoms. The predicted octanol–water partition coefficient (Wildman–Crippen LogP) is 2.18. The van der Waals surface area contributed by atoms with Crippen molar-refractivity contribution in [1.29, 1.82) is 0 Å². The first-order chi connectivity index (χ1) is 8.01. The highest BCUT2D eigenvalue weighted by molar-refractivity contribution is 5.78. The van der Waals surface area contributed by atoms with E-state index in [1.54, 1.807) is 6.92 Å². The summed E-state index contributed by atoms with van der Waals surface area (Å²) in [5.41, 5.74) is -0.0237. The minimum absolute atomic E-state index is 0.200. The maximum Gasteiger partial charge on any atom is 0.311 e. The maximum atomic E-state index is 11.0. The smallest absolute Gasteiger partial charge is 0.311 e. The van der Waals surface area contributed by atoms with Gasteiger partial charge in [0, 0.05) is 5.56 Å². The molecule has 92 valence electrons. The SMILES string of the molecule is CCC(C(=O)O)c1ccc(OC)cc1[N+](=O)[O-]. The molecule has 1 N–H and O–H groups in total. The monoisotopic (exact) mass is 239 g/mol. The Bertz CT molecular complexity index is 443. The van der Waals surface area contributed by atoms with E-state index in [0.717, 1.165) is 0 Å². The van der Waals surface area contributed by atoms with E-state index in [-0.39, 0.29) is 11.3 Å². The fraction of sp³-hybridized carbons (Fsp3) is 0.364. The van der Waals surface area contributed by atoms with Crippen LogP contribution in [0.2, 0.25) is 0 Å². The van der Waals surface area contributed by atoms with Crippen molar-refractivity contribution in [1.82, 2.24) is 0 Å². The largest absolute Gasteiger partial charge is 0.497 e. The molecule has 1 aromatic rings. The first-order valence-electron chi connectivity index (χ1n) is 5.06. The first-order valence-corrected chi connectivity index (χ1v) is 5.06. The fourth-order valence-corrected chi connectivity index (χ4v) is 1.63. The van der Waals surface area contributed by atoms with Crippen molar-refractivity contribution in [2.45, 2.75) is 19.3 Å². The number of nitro benzene ring substituents is 1. The Morgan fingerprint density at radius 3 is 2.65 bits per heavy atom. The highest BCUT2D eigenvalue weighted by atomic mass is 16.6. The summed E-state index contributed by atoms with van der Waals surface area (Å²) in [7, 11) is 1.40. The number of methoxy groups -OCH3 is 1. The van der Waals surface area contributed by atoms with Crippen molar-refractivity contribution in [3.8, 4) is 5.75 Å². The van der Waals surface area contributed by atoms with Crippen LogP contribution < -0.4 is 4.74 Å². The van der Waals surface area contributed by atoms with Crippen molar-refractivity contribution >= 4 is 11.7 Å². The van der Waals surface area contributed by atoms with E-state index in [1.165, 1.54) is 25.3 Å². The molecule has 6 nitrogen and oxygen atoms in total. The normalized spacial score (nSPS) is 11.9. The summed E-state index contributed by atoms with van der Waals surface area (Å²) < 4.78 is 4.88. The molecule has 0 amide bonds. The van der Waals surface area contributed by atoms with Gasteiger partial charge < -0.3 is 9.84 Å². The van der Waals surface area contributed by atoms with E-state index >= 15 is 0 Å². The van der Waals surface area contributed by atoms with E-state index in [9.17, 15) is 14.9 Å². The molecule has 0 aromatic heterocycles. The van der Waals surface area contributed by atoms with Crippen LogP contribution in [0, 0.1) is 10.1 Å². The number of ether oxygens (including phenoxy) is 1. The maximum absolute atomic E-state index is 11.0. The molecule has 0 saturated carbocycles. The molecule has 6 heteroatoms. The zero-order valence-electron chi connectivity index (χ0n) is 9.54. The quantitative estimate of drug-likeness (QED) is 0.628. The molecule has 1 unspecified atom stereocenters. The van der Waals surface area contributed by atoms with Crippen LogP contribution >= 0.6 is 0 Å². The molecule has 17 heavy (non-hydrogen) atoms. The topological polar surface area (TPSA) is 89.7 Å². The van der Waals surface area contributed by atoms with Crippen LogP contribution in [-0.2, 0) is 4.79 Å². The molecule has 0 fully saturated rings. The van der Waals surface area contributed by atoms with Crippen LogP contribution in [0.3, 0.4) is 0 Å². The van der Waals surface area contributed by atoms with Gasteiger partial charge in [-0.05, 0) is 18.6 Å². The van der Waals surface area contributed by atoms with Crippen molar-refractivity contribution in [3.63, 3.8) is 0 Å². The van der Waals surface area contributed by atoms with Crippen molar-refractivity contribution in [2.24, 2.45) is 0 Å². The van der Waals surface area contributed by atoms with Gasteiger partial charge >= 0.3 is 5.97 Å². The van der Waals surface area contributed by atoms with Gasteiger partial charge in [-0.2, -0.15) is 0 Å². The number of carboxylic acid groups (broad SMARTS) is 1. The number of rotatable bonds is 5. The lowest BCUT2D eigenvalue weighted by molar-refractivity contribution is -0.385. The van der Waals surface area contributed by atoms with Gasteiger partial charge in [0.2, 0.25) is 0 Å². The molecule has 0 aliphatic heterocycles.